The third-order valence-electron chi connectivity index (χ3n) is 2.80. The molecule has 2 rings (SSSR count). The smallest absolute Gasteiger partial charge is 0.323 e. The first-order valence-corrected chi connectivity index (χ1v) is 6.08. The molecule has 0 radical (unpaired) electrons. The van der Waals surface area contributed by atoms with Crippen molar-refractivity contribution in [2.45, 2.75) is 6.42 Å². The molecule has 0 aliphatic rings. The number of primary amides is 1. The van der Waals surface area contributed by atoms with E-state index in [1.165, 1.54) is 0 Å². The maximum atomic E-state index is 12.1. The maximum Gasteiger partial charge on any atom is 0.323 e. The van der Waals surface area contributed by atoms with Crippen LogP contribution in [0.5, 0.6) is 0 Å². The van der Waals surface area contributed by atoms with E-state index in [9.17, 15) is 14.4 Å². The summed E-state index contributed by atoms with van der Waals surface area (Å²) in [5.41, 5.74) is 5.92. The van der Waals surface area contributed by atoms with Crippen LogP contribution >= 0.6 is 0 Å². The van der Waals surface area contributed by atoms with Crippen LogP contribution < -0.4 is 5.73 Å². The van der Waals surface area contributed by atoms with Crippen LogP contribution in [0.2, 0.25) is 0 Å². The molecule has 2 aromatic rings. The van der Waals surface area contributed by atoms with Gasteiger partial charge in [-0.15, -0.1) is 0 Å². The minimum atomic E-state index is -1.23. The van der Waals surface area contributed by atoms with Gasteiger partial charge in [0.25, 0.3) is 0 Å². The van der Waals surface area contributed by atoms with Gasteiger partial charge < -0.3 is 20.3 Å². The number of hydrogen-bond acceptors (Lipinski definition) is 5. The summed E-state index contributed by atoms with van der Waals surface area (Å²) in [5.74, 6) is -2.57. The van der Waals surface area contributed by atoms with E-state index in [1.807, 2.05) is 0 Å². The number of carboxylic acid groups (broad SMARTS) is 1. The Morgan fingerprint density at radius 2 is 1.95 bits per heavy atom. The van der Waals surface area contributed by atoms with Gasteiger partial charge in [-0.2, -0.15) is 0 Å². The van der Waals surface area contributed by atoms with Crippen LogP contribution in [0.1, 0.15) is 5.69 Å². The lowest BCUT2D eigenvalue weighted by Crippen LogP contribution is -2.42. The molecule has 8 heteroatoms. The van der Waals surface area contributed by atoms with Gasteiger partial charge in [-0.25, -0.2) is 0 Å². The van der Waals surface area contributed by atoms with Gasteiger partial charge in [0.05, 0.1) is 13.0 Å². The molecule has 0 spiro atoms. The Bertz CT molecular complexity index is 678. The molecule has 110 valence electrons. The van der Waals surface area contributed by atoms with Crippen LogP contribution in [0.25, 0.3) is 11.0 Å². The van der Waals surface area contributed by atoms with Crippen molar-refractivity contribution in [2.24, 2.45) is 5.73 Å². The number of carbonyl (C=O) groups is 3. The molecule has 1 heterocycles. The number of benzene rings is 1. The van der Waals surface area contributed by atoms with E-state index in [0.29, 0.717) is 16.7 Å². The summed E-state index contributed by atoms with van der Waals surface area (Å²) < 4.78 is 5.06. The third kappa shape index (κ3) is 3.56. The quantitative estimate of drug-likeness (QED) is 0.756. The molecule has 0 unspecified atom stereocenters. The monoisotopic (exact) mass is 291 g/mol. The van der Waals surface area contributed by atoms with Gasteiger partial charge in [-0.05, 0) is 12.1 Å². The van der Waals surface area contributed by atoms with E-state index in [2.05, 4.69) is 5.16 Å². The van der Waals surface area contributed by atoms with E-state index >= 15 is 0 Å². The Morgan fingerprint density at radius 1 is 1.24 bits per heavy atom. The van der Waals surface area contributed by atoms with Gasteiger partial charge in [-0.1, -0.05) is 17.3 Å². The number of fused-ring (bicyclic) bond motifs is 1. The van der Waals surface area contributed by atoms with Crippen molar-refractivity contribution in [3.8, 4) is 0 Å². The fourth-order valence-corrected chi connectivity index (χ4v) is 1.90. The molecule has 0 aliphatic heterocycles. The number of amides is 2. The highest BCUT2D eigenvalue weighted by Gasteiger charge is 2.21. The highest BCUT2D eigenvalue weighted by atomic mass is 16.5. The summed E-state index contributed by atoms with van der Waals surface area (Å²) in [4.78, 5) is 34.6. The average molecular weight is 291 g/mol. The van der Waals surface area contributed by atoms with Crippen molar-refractivity contribution in [1.29, 1.82) is 0 Å². The van der Waals surface area contributed by atoms with Gasteiger partial charge in [0.2, 0.25) is 11.8 Å². The van der Waals surface area contributed by atoms with Crippen molar-refractivity contribution >= 4 is 28.8 Å². The normalized spacial score (nSPS) is 10.5. The molecule has 1 aromatic heterocycles. The van der Waals surface area contributed by atoms with Crippen LogP contribution in [0, 0.1) is 0 Å². The Balaban J connectivity index is 2.17. The van der Waals surface area contributed by atoms with Gasteiger partial charge in [0.15, 0.2) is 5.58 Å². The van der Waals surface area contributed by atoms with Crippen molar-refractivity contribution in [3.63, 3.8) is 0 Å². The lowest BCUT2D eigenvalue weighted by molar-refractivity contribution is -0.145. The molecule has 21 heavy (non-hydrogen) atoms. The van der Waals surface area contributed by atoms with E-state index in [-0.39, 0.29) is 6.42 Å². The van der Waals surface area contributed by atoms with Crippen LogP contribution in [0.15, 0.2) is 28.8 Å². The number of aliphatic carboxylic acids is 1. The third-order valence-corrected chi connectivity index (χ3v) is 2.80. The Morgan fingerprint density at radius 3 is 2.62 bits per heavy atom. The van der Waals surface area contributed by atoms with E-state index < -0.39 is 30.9 Å². The molecular weight excluding hydrogens is 278 g/mol. The van der Waals surface area contributed by atoms with E-state index in [0.717, 1.165) is 4.90 Å². The lowest BCUT2D eigenvalue weighted by atomic mass is 10.1. The molecule has 0 atom stereocenters. The minimum absolute atomic E-state index is 0.169. The number of nitrogens with two attached hydrogens (primary N) is 1. The number of rotatable bonds is 6. The molecule has 3 N–H and O–H groups in total. The first-order valence-electron chi connectivity index (χ1n) is 6.08. The fraction of sp³-hybridized carbons (Fsp3) is 0.231. The number of para-hydroxylation sites is 1. The van der Waals surface area contributed by atoms with Crippen molar-refractivity contribution in [1.82, 2.24) is 10.1 Å². The lowest BCUT2D eigenvalue weighted by Gasteiger charge is -2.18. The molecule has 0 aliphatic carbocycles. The maximum absolute atomic E-state index is 12.1. The fourth-order valence-electron chi connectivity index (χ4n) is 1.90. The molecule has 0 saturated carbocycles. The molecule has 8 nitrogen and oxygen atoms in total. The highest BCUT2D eigenvalue weighted by molar-refractivity contribution is 5.90. The topological polar surface area (TPSA) is 127 Å². The molecule has 0 bridgehead atoms. The second-order valence-corrected chi connectivity index (χ2v) is 4.41. The van der Waals surface area contributed by atoms with Crippen LogP contribution in [-0.2, 0) is 20.8 Å². The Hall–Kier alpha value is -2.90. The van der Waals surface area contributed by atoms with Crippen LogP contribution in [0.4, 0.5) is 0 Å². The molecule has 0 saturated heterocycles. The molecular formula is C13H13N3O5. The average Bonchev–Trinajstić information content (AvgIpc) is 2.80. The predicted molar refractivity (Wildman–Crippen MR) is 71.1 cm³/mol. The summed E-state index contributed by atoms with van der Waals surface area (Å²) in [5, 5.41) is 13.2. The zero-order valence-corrected chi connectivity index (χ0v) is 11.0. The Kier molecular flexibility index (Phi) is 4.17. The summed E-state index contributed by atoms with van der Waals surface area (Å²) >= 11 is 0. The van der Waals surface area contributed by atoms with Crippen LogP contribution in [0.3, 0.4) is 0 Å². The Labute approximate surface area is 119 Å². The SMILES string of the molecule is NC(=O)CN(CC(=O)O)C(=O)Cc1noc2ccccc12. The predicted octanol–water partition coefficient (Wildman–Crippen LogP) is -0.231. The van der Waals surface area contributed by atoms with Gasteiger partial charge in [0, 0.05) is 5.39 Å². The van der Waals surface area contributed by atoms with Gasteiger partial charge >= 0.3 is 5.97 Å². The second kappa shape index (κ2) is 6.04. The standard InChI is InChI=1S/C13H13N3O5/c14-11(17)6-16(7-13(19)20)12(18)5-9-8-3-1-2-4-10(8)21-15-9/h1-4H,5-7H2,(H2,14,17)(H,19,20). The number of hydrogen-bond donors (Lipinski definition) is 2. The number of aromatic nitrogens is 1. The molecule has 1 aromatic carbocycles. The summed E-state index contributed by atoms with van der Waals surface area (Å²) in [6, 6.07) is 6.98. The first kappa shape index (κ1) is 14.5. The summed E-state index contributed by atoms with van der Waals surface area (Å²) in [7, 11) is 0. The van der Waals surface area contributed by atoms with E-state index in [4.69, 9.17) is 15.4 Å². The number of nitrogens with zero attached hydrogens (tertiary/aromatic N) is 2. The zero-order chi connectivity index (χ0) is 15.4. The number of carbonyl (C=O) groups excluding carboxylic acids is 2. The summed E-state index contributed by atoms with van der Waals surface area (Å²) in [6.45, 7) is -1.06. The first-order chi connectivity index (χ1) is 9.97. The largest absolute Gasteiger partial charge is 0.480 e. The molecule has 2 amide bonds. The van der Waals surface area contributed by atoms with Crippen molar-refractivity contribution < 1.29 is 24.0 Å². The zero-order valence-electron chi connectivity index (χ0n) is 11.0. The second-order valence-electron chi connectivity index (χ2n) is 4.41. The van der Waals surface area contributed by atoms with Gasteiger partial charge in [-0.3, -0.25) is 14.4 Å². The highest BCUT2D eigenvalue weighted by Crippen LogP contribution is 2.18. The minimum Gasteiger partial charge on any atom is -0.480 e. The summed E-state index contributed by atoms with van der Waals surface area (Å²) in [6.07, 6.45) is -0.169. The van der Waals surface area contributed by atoms with Crippen molar-refractivity contribution in [2.75, 3.05) is 13.1 Å². The van der Waals surface area contributed by atoms with Gasteiger partial charge in [0.1, 0.15) is 12.2 Å². The number of carboxylic acids is 1. The van der Waals surface area contributed by atoms with E-state index in [1.54, 1.807) is 24.3 Å². The molecule has 0 fully saturated rings. The van der Waals surface area contributed by atoms with Crippen LogP contribution in [-0.4, -0.2) is 46.0 Å². The van der Waals surface area contributed by atoms with Crippen molar-refractivity contribution in [3.05, 3.63) is 30.0 Å².